The van der Waals surface area contributed by atoms with E-state index in [9.17, 15) is 9.59 Å². The SMILES string of the molecule is CCN(CC)C(=O)Cn1cc(-c2nc3ccccc3n(C3CCNCC3)c2=O)c2ccccc21. The highest BCUT2D eigenvalue weighted by Crippen LogP contribution is 2.30. The minimum Gasteiger partial charge on any atom is -0.342 e. The van der Waals surface area contributed by atoms with E-state index in [0.29, 0.717) is 18.8 Å². The summed E-state index contributed by atoms with van der Waals surface area (Å²) >= 11 is 0. The van der Waals surface area contributed by atoms with Gasteiger partial charge in [0, 0.05) is 41.8 Å². The van der Waals surface area contributed by atoms with Gasteiger partial charge in [0.2, 0.25) is 5.91 Å². The number of likely N-dealkylation sites (N-methyl/N-ethyl adjacent to an activating group) is 1. The van der Waals surface area contributed by atoms with Crippen LogP contribution in [0.1, 0.15) is 32.7 Å². The third-order valence-corrected chi connectivity index (χ3v) is 6.93. The molecule has 1 fully saturated rings. The standard InChI is InChI=1S/C27H31N5O2/c1-3-30(4-2)25(33)18-31-17-21(20-9-5-7-11-23(20)31)26-27(34)32(19-13-15-28-16-14-19)24-12-8-6-10-22(24)29-26/h5-12,17,19,28H,3-4,13-16,18H2,1-2H3. The van der Waals surface area contributed by atoms with Crippen molar-refractivity contribution < 1.29 is 4.79 Å². The molecule has 0 atom stereocenters. The number of carbonyl (C=O) groups excluding carboxylic acids is 1. The molecule has 1 N–H and O–H groups in total. The van der Waals surface area contributed by atoms with Crippen LogP contribution in [0.4, 0.5) is 0 Å². The molecule has 7 nitrogen and oxygen atoms in total. The first-order chi connectivity index (χ1) is 16.6. The van der Waals surface area contributed by atoms with Gasteiger partial charge in [0.1, 0.15) is 12.2 Å². The molecule has 1 saturated heterocycles. The van der Waals surface area contributed by atoms with Crippen LogP contribution in [0.15, 0.2) is 59.5 Å². The Bertz CT molecular complexity index is 1390. The molecule has 2 aromatic carbocycles. The molecular formula is C27H31N5O2. The number of nitrogens with zero attached hydrogens (tertiary/aromatic N) is 4. The van der Waals surface area contributed by atoms with Crippen molar-refractivity contribution in [2.45, 2.75) is 39.3 Å². The first-order valence-corrected chi connectivity index (χ1v) is 12.2. The number of hydrogen-bond donors (Lipinski definition) is 1. The number of benzene rings is 2. The normalized spacial score (nSPS) is 14.6. The van der Waals surface area contributed by atoms with Crippen molar-refractivity contribution in [2.75, 3.05) is 26.2 Å². The maximum absolute atomic E-state index is 14.0. The van der Waals surface area contributed by atoms with E-state index >= 15 is 0 Å². The molecule has 0 saturated carbocycles. The van der Waals surface area contributed by atoms with E-state index in [2.05, 4.69) is 5.32 Å². The lowest BCUT2D eigenvalue weighted by Crippen LogP contribution is -2.35. The number of rotatable bonds is 6. The highest BCUT2D eigenvalue weighted by atomic mass is 16.2. The first-order valence-electron chi connectivity index (χ1n) is 12.2. The second-order valence-corrected chi connectivity index (χ2v) is 8.86. The topological polar surface area (TPSA) is 72.2 Å². The largest absolute Gasteiger partial charge is 0.342 e. The van der Waals surface area contributed by atoms with Gasteiger partial charge < -0.3 is 19.4 Å². The predicted octanol–water partition coefficient (Wildman–Crippen LogP) is 3.81. The number of piperidine rings is 1. The van der Waals surface area contributed by atoms with Crippen LogP contribution in [-0.2, 0) is 11.3 Å². The monoisotopic (exact) mass is 457 g/mol. The Morgan fingerprint density at radius 3 is 2.44 bits per heavy atom. The van der Waals surface area contributed by atoms with E-state index in [1.54, 1.807) is 0 Å². The number of carbonyl (C=O) groups is 1. The summed E-state index contributed by atoms with van der Waals surface area (Å²) in [5.41, 5.74) is 3.78. The molecule has 0 aliphatic carbocycles. The zero-order chi connectivity index (χ0) is 23.7. The predicted molar refractivity (Wildman–Crippen MR) is 136 cm³/mol. The van der Waals surface area contributed by atoms with E-state index in [0.717, 1.165) is 53.4 Å². The van der Waals surface area contributed by atoms with Crippen molar-refractivity contribution >= 4 is 27.8 Å². The Morgan fingerprint density at radius 2 is 1.71 bits per heavy atom. The summed E-state index contributed by atoms with van der Waals surface area (Å²) in [5.74, 6) is 0.0656. The highest BCUT2D eigenvalue weighted by Gasteiger charge is 2.23. The van der Waals surface area contributed by atoms with E-state index in [-0.39, 0.29) is 24.1 Å². The third-order valence-electron chi connectivity index (χ3n) is 6.93. The van der Waals surface area contributed by atoms with Gasteiger partial charge in [0.15, 0.2) is 0 Å². The van der Waals surface area contributed by atoms with E-state index in [1.807, 2.05) is 82.6 Å². The summed E-state index contributed by atoms with van der Waals surface area (Å²) in [7, 11) is 0. The number of aromatic nitrogens is 3. The van der Waals surface area contributed by atoms with Crippen LogP contribution >= 0.6 is 0 Å². The third kappa shape index (κ3) is 3.90. The molecule has 0 radical (unpaired) electrons. The van der Waals surface area contributed by atoms with Crippen molar-refractivity contribution in [3.05, 3.63) is 65.1 Å². The van der Waals surface area contributed by atoms with Crippen LogP contribution in [0.2, 0.25) is 0 Å². The fourth-order valence-electron chi connectivity index (χ4n) is 5.15. The van der Waals surface area contributed by atoms with Crippen LogP contribution in [-0.4, -0.2) is 51.1 Å². The Morgan fingerprint density at radius 1 is 1.03 bits per heavy atom. The van der Waals surface area contributed by atoms with Gasteiger partial charge in [-0.25, -0.2) is 4.98 Å². The first kappa shape index (κ1) is 22.3. The molecule has 2 aromatic heterocycles. The summed E-state index contributed by atoms with van der Waals surface area (Å²) in [4.78, 5) is 33.5. The van der Waals surface area contributed by atoms with Gasteiger partial charge in [0.05, 0.1) is 11.0 Å². The fraction of sp³-hybridized carbons (Fsp3) is 0.370. The zero-order valence-corrected chi connectivity index (χ0v) is 19.8. The molecule has 7 heteroatoms. The average molecular weight is 458 g/mol. The minimum absolute atomic E-state index is 0.0656. The number of para-hydroxylation sites is 3. The summed E-state index contributed by atoms with van der Waals surface area (Å²) in [6.07, 6.45) is 3.75. The van der Waals surface area contributed by atoms with E-state index in [1.165, 1.54) is 0 Å². The Labute approximate surface area is 199 Å². The molecule has 3 heterocycles. The van der Waals surface area contributed by atoms with E-state index < -0.39 is 0 Å². The van der Waals surface area contributed by atoms with Crippen molar-refractivity contribution in [1.29, 1.82) is 0 Å². The molecule has 1 aliphatic heterocycles. The number of amides is 1. The molecule has 4 aromatic rings. The second-order valence-electron chi connectivity index (χ2n) is 8.86. The van der Waals surface area contributed by atoms with Gasteiger partial charge in [-0.15, -0.1) is 0 Å². The molecule has 1 aliphatic rings. The van der Waals surface area contributed by atoms with Crippen LogP contribution < -0.4 is 10.9 Å². The molecule has 1 amide bonds. The quantitative estimate of drug-likeness (QED) is 0.478. The molecule has 34 heavy (non-hydrogen) atoms. The summed E-state index contributed by atoms with van der Waals surface area (Å²) in [6, 6.07) is 16.0. The van der Waals surface area contributed by atoms with Crippen LogP contribution in [0, 0.1) is 0 Å². The number of hydrogen-bond acceptors (Lipinski definition) is 4. The van der Waals surface area contributed by atoms with Crippen molar-refractivity contribution in [3.63, 3.8) is 0 Å². The van der Waals surface area contributed by atoms with Gasteiger partial charge in [-0.1, -0.05) is 30.3 Å². The van der Waals surface area contributed by atoms with Crippen molar-refractivity contribution in [3.8, 4) is 11.3 Å². The van der Waals surface area contributed by atoms with Gasteiger partial charge >= 0.3 is 0 Å². The molecule has 5 rings (SSSR count). The maximum atomic E-state index is 14.0. The molecule has 176 valence electrons. The van der Waals surface area contributed by atoms with Crippen molar-refractivity contribution in [2.24, 2.45) is 0 Å². The van der Waals surface area contributed by atoms with Gasteiger partial charge in [-0.3, -0.25) is 9.59 Å². The smallest absolute Gasteiger partial charge is 0.277 e. The van der Waals surface area contributed by atoms with Crippen molar-refractivity contribution in [1.82, 2.24) is 24.3 Å². The highest BCUT2D eigenvalue weighted by molar-refractivity contribution is 5.96. The Hall–Kier alpha value is -3.45. The minimum atomic E-state index is -0.0661. The molecular weight excluding hydrogens is 426 g/mol. The fourth-order valence-corrected chi connectivity index (χ4v) is 5.15. The van der Waals surface area contributed by atoms with Crippen LogP contribution in [0.5, 0.6) is 0 Å². The summed E-state index contributed by atoms with van der Waals surface area (Å²) in [5, 5.41) is 4.33. The molecule has 0 unspecified atom stereocenters. The second kappa shape index (κ2) is 9.43. The molecule has 0 bridgehead atoms. The van der Waals surface area contributed by atoms with Crippen LogP contribution in [0.25, 0.3) is 33.2 Å². The van der Waals surface area contributed by atoms with E-state index in [4.69, 9.17) is 4.98 Å². The number of nitrogens with one attached hydrogen (secondary N) is 1. The van der Waals surface area contributed by atoms with Gasteiger partial charge in [-0.05, 0) is 58.0 Å². The number of fused-ring (bicyclic) bond motifs is 2. The van der Waals surface area contributed by atoms with Crippen LogP contribution in [0.3, 0.4) is 0 Å². The lowest BCUT2D eigenvalue weighted by Gasteiger charge is -2.26. The lowest BCUT2D eigenvalue weighted by molar-refractivity contribution is -0.131. The summed E-state index contributed by atoms with van der Waals surface area (Å²) in [6.45, 7) is 7.36. The zero-order valence-electron chi connectivity index (χ0n) is 19.8. The Kier molecular flexibility index (Phi) is 6.20. The maximum Gasteiger partial charge on any atom is 0.277 e. The van der Waals surface area contributed by atoms with Gasteiger partial charge in [0.25, 0.3) is 5.56 Å². The van der Waals surface area contributed by atoms with Gasteiger partial charge in [-0.2, -0.15) is 0 Å². The lowest BCUT2D eigenvalue weighted by atomic mass is 10.0. The Balaban J connectivity index is 1.69. The average Bonchev–Trinajstić information content (AvgIpc) is 3.23. The summed E-state index contributed by atoms with van der Waals surface area (Å²) < 4.78 is 3.90. The molecule has 0 spiro atoms.